The minimum Gasteiger partial charge on any atom is -0.484 e. The Labute approximate surface area is 203 Å². The molecule has 4 rings (SSSR count). The molecule has 0 atom stereocenters. The Kier molecular flexibility index (Phi) is 7.78. The van der Waals surface area contributed by atoms with Crippen LogP contribution >= 0.6 is 0 Å². The molecule has 2 aliphatic rings. The van der Waals surface area contributed by atoms with E-state index >= 15 is 0 Å². The van der Waals surface area contributed by atoms with Crippen molar-refractivity contribution in [1.82, 2.24) is 9.21 Å². The third kappa shape index (κ3) is 5.55. The van der Waals surface area contributed by atoms with E-state index in [1.165, 1.54) is 16.8 Å². The van der Waals surface area contributed by atoms with Gasteiger partial charge in [-0.1, -0.05) is 25.0 Å². The van der Waals surface area contributed by atoms with Crippen molar-refractivity contribution in [2.45, 2.75) is 44.4 Å². The Hall–Kier alpha value is -2.58. The quantitative estimate of drug-likeness (QED) is 0.625. The Bertz CT molecular complexity index is 1090. The highest BCUT2D eigenvalue weighted by Gasteiger charge is 2.25. The highest BCUT2D eigenvalue weighted by Crippen LogP contribution is 2.25. The zero-order valence-corrected chi connectivity index (χ0v) is 21.0. The van der Waals surface area contributed by atoms with E-state index in [1.54, 1.807) is 28.6 Å². The third-order valence-electron chi connectivity index (χ3n) is 6.94. The first-order chi connectivity index (χ1) is 16.4. The summed E-state index contributed by atoms with van der Waals surface area (Å²) < 4.78 is 33.1. The molecule has 0 radical (unpaired) electrons. The normalized spacial score (nSPS) is 17.9. The van der Waals surface area contributed by atoms with Crippen LogP contribution in [0.5, 0.6) is 5.75 Å². The van der Waals surface area contributed by atoms with E-state index < -0.39 is 10.0 Å². The fourth-order valence-corrected chi connectivity index (χ4v) is 6.17. The first-order valence-corrected chi connectivity index (χ1v) is 13.6. The Morgan fingerprint density at radius 1 is 0.853 bits per heavy atom. The maximum atomic E-state index is 12.9. The largest absolute Gasteiger partial charge is 0.484 e. The molecule has 0 unspecified atom stereocenters. The maximum Gasteiger partial charge on any atom is 0.260 e. The molecule has 8 heteroatoms. The molecule has 0 aliphatic carbocycles. The number of sulfonamides is 1. The molecule has 0 aromatic heterocycles. The zero-order valence-electron chi connectivity index (χ0n) is 20.2. The van der Waals surface area contributed by atoms with Crippen LogP contribution in [-0.2, 0) is 14.8 Å². The number of hydrogen-bond acceptors (Lipinski definition) is 5. The first kappa shape index (κ1) is 24.5. The number of ether oxygens (including phenoxy) is 1. The number of benzene rings is 2. The summed E-state index contributed by atoms with van der Waals surface area (Å²) >= 11 is 0. The second-order valence-corrected chi connectivity index (χ2v) is 11.1. The summed E-state index contributed by atoms with van der Waals surface area (Å²) in [7, 11) is -3.49. The van der Waals surface area contributed by atoms with Gasteiger partial charge in [0.1, 0.15) is 5.75 Å². The van der Waals surface area contributed by atoms with Crippen LogP contribution in [0.2, 0.25) is 0 Å². The average Bonchev–Trinajstić information content (AvgIpc) is 3.15. The summed E-state index contributed by atoms with van der Waals surface area (Å²) in [6.45, 7) is 8.25. The van der Waals surface area contributed by atoms with Crippen LogP contribution in [0.3, 0.4) is 0 Å². The van der Waals surface area contributed by atoms with Crippen molar-refractivity contribution in [2.75, 3.05) is 50.8 Å². The van der Waals surface area contributed by atoms with Crippen molar-refractivity contribution >= 4 is 21.6 Å². The summed E-state index contributed by atoms with van der Waals surface area (Å²) in [6.07, 6.45) is 3.96. The van der Waals surface area contributed by atoms with Crippen LogP contribution in [-0.4, -0.2) is 69.4 Å². The van der Waals surface area contributed by atoms with Crippen LogP contribution < -0.4 is 9.64 Å². The van der Waals surface area contributed by atoms with E-state index in [0.717, 1.165) is 38.8 Å². The second-order valence-electron chi connectivity index (χ2n) is 9.17. The SMILES string of the molecule is Cc1cccc(N2CCN(C(=O)COc3ccc(S(=O)(=O)N4CCCCCC4)cc3)CC2)c1C. The summed E-state index contributed by atoms with van der Waals surface area (Å²) in [5.41, 5.74) is 3.79. The minimum absolute atomic E-state index is 0.0538. The molecular formula is C26H35N3O4S. The second kappa shape index (κ2) is 10.8. The van der Waals surface area contributed by atoms with Gasteiger partial charge in [-0.2, -0.15) is 4.31 Å². The van der Waals surface area contributed by atoms with Gasteiger partial charge in [-0.25, -0.2) is 8.42 Å². The minimum atomic E-state index is -3.49. The van der Waals surface area contributed by atoms with Crippen LogP contribution in [0.1, 0.15) is 36.8 Å². The van der Waals surface area contributed by atoms with Crippen molar-refractivity contribution in [3.8, 4) is 5.75 Å². The summed E-state index contributed by atoms with van der Waals surface area (Å²) in [5.74, 6) is 0.444. The number of anilines is 1. The lowest BCUT2D eigenvalue weighted by Gasteiger charge is -2.37. The number of amides is 1. The van der Waals surface area contributed by atoms with Gasteiger partial charge in [-0.05, 0) is 68.1 Å². The maximum absolute atomic E-state index is 12.9. The van der Waals surface area contributed by atoms with Gasteiger partial charge in [0.25, 0.3) is 5.91 Å². The Balaban J connectivity index is 1.28. The zero-order chi connectivity index (χ0) is 24.1. The van der Waals surface area contributed by atoms with E-state index in [4.69, 9.17) is 4.74 Å². The lowest BCUT2D eigenvalue weighted by molar-refractivity contribution is -0.133. The van der Waals surface area contributed by atoms with Crippen molar-refractivity contribution in [3.05, 3.63) is 53.6 Å². The van der Waals surface area contributed by atoms with Gasteiger partial charge in [-0.15, -0.1) is 0 Å². The molecule has 184 valence electrons. The summed E-state index contributed by atoms with van der Waals surface area (Å²) in [4.78, 5) is 17.1. The fourth-order valence-electron chi connectivity index (χ4n) is 4.65. The molecule has 2 saturated heterocycles. The number of carbonyl (C=O) groups is 1. The number of rotatable bonds is 6. The standard InChI is InChI=1S/C26H35N3O4S/c1-21-8-7-9-25(22(21)2)27-16-18-28(19-17-27)26(30)20-33-23-10-12-24(13-11-23)34(31,32)29-14-5-3-4-6-15-29/h7-13H,3-6,14-20H2,1-2H3. The van der Waals surface area contributed by atoms with E-state index in [1.807, 2.05) is 4.90 Å². The molecule has 0 bridgehead atoms. The molecular weight excluding hydrogens is 450 g/mol. The van der Waals surface area contributed by atoms with Gasteiger partial charge in [-0.3, -0.25) is 4.79 Å². The van der Waals surface area contributed by atoms with Crippen LogP contribution in [0.15, 0.2) is 47.4 Å². The number of aryl methyl sites for hydroxylation is 1. The lowest BCUT2D eigenvalue weighted by atomic mass is 10.1. The molecule has 2 heterocycles. The van der Waals surface area contributed by atoms with Gasteiger partial charge >= 0.3 is 0 Å². The summed E-state index contributed by atoms with van der Waals surface area (Å²) in [6, 6.07) is 12.7. The van der Waals surface area contributed by atoms with Crippen molar-refractivity contribution in [3.63, 3.8) is 0 Å². The van der Waals surface area contributed by atoms with Crippen LogP contribution in [0, 0.1) is 13.8 Å². The first-order valence-electron chi connectivity index (χ1n) is 12.2. The number of carbonyl (C=O) groups excluding carboxylic acids is 1. The van der Waals surface area contributed by atoms with Gasteiger partial charge in [0.2, 0.25) is 10.0 Å². The molecule has 34 heavy (non-hydrogen) atoms. The topological polar surface area (TPSA) is 70.2 Å². The molecule has 0 saturated carbocycles. The summed E-state index contributed by atoms with van der Waals surface area (Å²) in [5, 5.41) is 0. The average molecular weight is 486 g/mol. The third-order valence-corrected chi connectivity index (χ3v) is 8.85. The number of hydrogen-bond donors (Lipinski definition) is 0. The molecule has 7 nitrogen and oxygen atoms in total. The lowest BCUT2D eigenvalue weighted by Crippen LogP contribution is -2.50. The predicted molar refractivity (Wildman–Crippen MR) is 134 cm³/mol. The molecule has 2 aromatic carbocycles. The van der Waals surface area contributed by atoms with Crippen LogP contribution in [0.4, 0.5) is 5.69 Å². The fraction of sp³-hybridized carbons (Fsp3) is 0.500. The van der Waals surface area contributed by atoms with Crippen molar-refractivity contribution in [2.24, 2.45) is 0 Å². The van der Waals surface area contributed by atoms with Crippen LogP contribution in [0.25, 0.3) is 0 Å². The van der Waals surface area contributed by atoms with Gasteiger partial charge in [0.15, 0.2) is 6.61 Å². The van der Waals surface area contributed by atoms with Crippen molar-refractivity contribution in [1.29, 1.82) is 0 Å². The Morgan fingerprint density at radius 3 is 2.15 bits per heavy atom. The molecule has 2 aliphatic heterocycles. The van der Waals surface area contributed by atoms with Crippen molar-refractivity contribution < 1.29 is 17.9 Å². The number of nitrogens with zero attached hydrogens (tertiary/aromatic N) is 3. The molecule has 0 N–H and O–H groups in total. The molecule has 0 spiro atoms. The predicted octanol–water partition coefficient (Wildman–Crippen LogP) is 3.60. The van der Waals surface area contributed by atoms with Gasteiger partial charge in [0, 0.05) is 45.0 Å². The Morgan fingerprint density at radius 2 is 1.50 bits per heavy atom. The molecule has 2 fully saturated rings. The number of piperazine rings is 1. The smallest absolute Gasteiger partial charge is 0.260 e. The van der Waals surface area contributed by atoms with Gasteiger partial charge in [0.05, 0.1) is 4.90 Å². The van der Waals surface area contributed by atoms with E-state index in [-0.39, 0.29) is 17.4 Å². The van der Waals surface area contributed by atoms with E-state index in [0.29, 0.717) is 31.9 Å². The molecule has 2 aromatic rings. The van der Waals surface area contributed by atoms with E-state index in [9.17, 15) is 13.2 Å². The highest BCUT2D eigenvalue weighted by atomic mass is 32.2. The van der Waals surface area contributed by atoms with Gasteiger partial charge < -0.3 is 14.5 Å². The monoisotopic (exact) mass is 485 g/mol. The van der Waals surface area contributed by atoms with E-state index in [2.05, 4.69) is 36.9 Å². The highest BCUT2D eigenvalue weighted by molar-refractivity contribution is 7.89. The molecule has 1 amide bonds.